The summed E-state index contributed by atoms with van der Waals surface area (Å²) in [5.74, 6) is -0.474. The molecule has 0 radical (unpaired) electrons. The molecule has 118 valence electrons. The van der Waals surface area contributed by atoms with Crippen LogP contribution in [0.1, 0.15) is 18.5 Å². The van der Waals surface area contributed by atoms with Crippen molar-refractivity contribution in [2.75, 3.05) is 13.1 Å². The molecular weight excluding hydrogens is 308 g/mol. The first-order valence-corrected chi connectivity index (χ1v) is 7.85. The van der Waals surface area contributed by atoms with Crippen molar-refractivity contribution in [3.05, 3.63) is 20.7 Å². The highest BCUT2D eigenvalue weighted by molar-refractivity contribution is 7.07. The number of hydrogen-bond donors (Lipinski definition) is 2. The van der Waals surface area contributed by atoms with Crippen molar-refractivity contribution in [3.63, 3.8) is 0 Å². The Morgan fingerprint density at radius 3 is 2.50 bits per heavy atom. The van der Waals surface area contributed by atoms with Gasteiger partial charge in [0.1, 0.15) is 12.1 Å². The molecule has 0 aliphatic carbocycles. The Morgan fingerprint density at radius 2 is 2.00 bits per heavy atom. The Labute approximate surface area is 130 Å². The molecule has 0 saturated carbocycles. The number of aromatic nitrogens is 1. The van der Waals surface area contributed by atoms with Crippen LogP contribution in [0, 0.1) is 6.92 Å². The number of nitrogens with one attached hydrogen (secondary N) is 2. The van der Waals surface area contributed by atoms with E-state index >= 15 is 0 Å². The molecular formula is C13H16N4O4S. The van der Waals surface area contributed by atoms with Gasteiger partial charge >= 0.3 is 10.9 Å². The number of nitrogens with zero attached hydrogens (tertiary/aromatic N) is 2. The Balaban J connectivity index is 1.64. The largest absolute Gasteiger partial charge is 0.341 e. The summed E-state index contributed by atoms with van der Waals surface area (Å²) in [7, 11) is 0. The van der Waals surface area contributed by atoms with Crippen molar-refractivity contribution in [2.24, 2.45) is 0 Å². The number of hydrogen-bond acceptors (Lipinski definition) is 5. The van der Waals surface area contributed by atoms with E-state index in [0.29, 0.717) is 25.9 Å². The van der Waals surface area contributed by atoms with E-state index in [-0.39, 0.29) is 23.2 Å². The molecule has 0 atom stereocenters. The van der Waals surface area contributed by atoms with Crippen LogP contribution in [-0.2, 0) is 16.1 Å². The lowest BCUT2D eigenvalue weighted by molar-refractivity contribution is -0.136. The summed E-state index contributed by atoms with van der Waals surface area (Å²) in [6.45, 7) is 2.56. The standard InChI is InChI=1S/C13H16N4O4S/c1-8-7-22-12(21)17(8)6-9(18)16-4-2-13(3-5-16)10(19)14-11(20)15-13/h7H,2-6H2,1H3,(H2,14,15,19,20). The number of amides is 4. The molecule has 9 heteroatoms. The van der Waals surface area contributed by atoms with Gasteiger partial charge in [-0.3, -0.25) is 24.3 Å². The van der Waals surface area contributed by atoms with Gasteiger partial charge in [0.2, 0.25) is 5.91 Å². The van der Waals surface area contributed by atoms with Gasteiger partial charge in [-0.2, -0.15) is 0 Å². The third-order valence-electron chi connectivity index (χ3n) is 4.25. The van der Waals surface area contributed by atoms with E-state index in [4.69, 9.17) is 0 Å². The van der Waals surface area contributed by atoms with Gasteiger partial charge in [0.15, 0.2) is 0 Å². The van der Waals surface area contributed by atoms with Crippen LogP contribution >= 0.6 is 11.3 Å². The molecule has 4 amide bonds. The van der Waals surface area contributed by atoms with Crippen LogP contribution in [0.25, 0.3) is 0 Å². The lowest BCUT2D eigenvalue weighted by atomic mass is 9.88. The highest BCUT2D eigenvalue weighted by atomic mass is 32.1. The van der Waals surface area contributed by atoms with E-state index in [0.717, 1.165) is 17.0 Å². The maximum absolute atomic E-state index is 12.3. The van der Waals surface area contributed by atoms with Gasteiger partial charge in [-0.25, -0.2) is 4.79 Å². The maximum atomic E-state index is 12.3. The van der Waals surface area contributed by atoms with Gasteiger partial charge in [-0.1, -0.05) is 11.3 Å². The topological polar surface area (TPSA) is 101 Å². The number of urea groups is 1. The van der Waals surface area contributed by atoms with Gasteiger partial charge in [-0.15, -0.1) is 0 Å². The first kappa shape index (κ1) is 14.8. The highest BCUT2D eigenvalue weighted by Gasteiger charge is 2.48. The maximum Gasteiger partial charge on any atom is 0.322 e. The quantitative estimate of drug-likeness (QED) is 0.711. The number of carbonyl (C=O) groups is 3. The normalized spacial score (nSPS) is 20.1. The summed E-state index contributed by atoms with van der Waals surface area (Å²) in [5.41, 5.74) is -0.123. The van der Waals surface area contributed by atoms with Gasteiger partial charge in [0.25, 0.3) is 5.91 Å². The molecule has 0 aromatic carbocycles. The number of carbonyl (C=O) groups excluding carboxylic acids is 3. The van der Waals surface area contributed by atoms with Gasteiger partial charge in [-0.05, 0) is 19.8 Å². The van der Waals surface area contributed by atoms with Crippen LogP contribution < -0.4 is 15.5 Å². The predicted octanol–water partition coefficient (Wildman–Crippen LogP) is -0.581. The van der Waals surface area contributed by atoms with Gasteiger partial charge < -0.3 is 10.2 Å². The zero-order chi connectivity index (χ0) is 15.9. The van der Waals surface area contributed by atoms with Crippen LogP contribution in [0.15, 0.2) is 10.2 Å². The summed E-state index contributed by atoms with van der Waals surface area (Å²) >= 11 is 1.07. The number of imide groups is 1. The summed E-state index contributed by atoms with van der Waals surface area (Å²) in [6, 6.07) is -0.481. The summed E-state index contributed by atoms with van der Waals surface area (Å²) in [6.07, 6.45) is 0.766. The fraction of sp³-hybridized carbons (Fsp3) is 0.538. The van der Waals surface area contributed by atoms with Gasteiger partial charge in [0.05, 0.1) is 0 Å². The van der Waals surface area contributed by atoms with E-state index in [1.54, 1.807) is 17.2 Å². The molecule has 1 aromatic rings. The first-order valence-electron chi connectivity index (χ1n) is 6.98. The second-order valence-electron chi connectivity index (χ2n) is 5.60. The van der Waals surface area contributed by atoms with E-state index in [2.05, 4.69) is 10.6 Å². The number of piperidine rings is 1. The average molecular weight is 324 g/mol. The lowest BCUT2D eigenvalue weighted by Crippen LogP contribution is -2.56. The fourth-order valence-electron chi connectivity index (χ4n) is 2.85. The molecule has 1 aromatic heterocycles. The molecule has 3 rings (SSSR count). The van der Waals surface area contributed by atoms with Crippen molar-refractivity contribution in [3.8, 4) is 0 Å². The van der Waals surface area contributed by atoms with E-state index in [1.165, 1.54) is 4.57 Å². The molecule has 2 saturated heterocycles. The van der Waals surface area contributed by atoms with Crippen LogP contribution in [0.3, 0.4) is 0 Å². The fourth-order valence-corrected chi connectivity index (χ4v) is 3.58. The number of likely N-dealkylation sites (tertiary alicyclic amines) is 1. The van der Waals surface area contributed by atoms with Crippen molar-refractivity contribution in [1.29, 1.82) is 0 Å². The van der Waals surface area contributed by atoms with Crippen LogP contribution in [0.2, 0.25) is 0 Å². The molecule has 2 aliphatic heterocycles. The molecule has 8 nitrogen and oxygen atoms in total. The van der Waals surface area contributed by atoms with Crippen LogP contribution in [0.5, 0.6) is 0 Å². The minimum atomic E-state index is -0.886. The van der Waals surface area contributed by atoms with E-state index in [9.17, 15) is 19.2 Å². The summed E-state index contributed by atoms with van der Waals surface area (Å²) in [5, 5.41) is 6.61. The molecule has 3 heterocycles. The first-order chi connectivity index (χ1) is 10.4. The van der Waals surface area contributed by atoms with Crippen molar-refractivity contribution in [2.45, 2.75) is 31.8 Å². The Morgan fingerprint density at radius 1 is 1.32 bits per heavy atom. The molecule has 0 bridgehead atoms. The average Bonchev–Trinajstić information content (AvgIpc) is 2.93. The predicted molar refractivity (Wildman–Crippen MR) is 78.5 cm³/mol. The Kier molecular flexibility index (Phi) is 3.51. The molecule has 2 aliphatic rings. The monoisotopic (exact) mass is 324 g/mol. The Bertz CT molecular complexity index is 699. The SMILES string of the molecule is Cc1csc(=O)n1CC(=O)N1CCC2(CC1)NC(=O)NC2=O. The molecule has 2 N–H and O–H groups in total. The second kappa shape index (κ2) is 5.24. The third-order valence-corrected chi connectivity index (χ3v) is 5.14. The van der Waals surface area contributed by atoms with Crippen molar-refractivity contribution in [1.82, 2.24) is 20.1 Å². The van der Waals surface area contributed by atoms with Crippen LogP contribution in [0.4, 0.5) is 4.79 Å². The van der Waals surface area contributed by atoms with E-state index in [1.807, 2.05) is 0 Å². The smallest absolute Gasteiger partial charge is 0.322 e. The molecule has 2 fully saturated rings. The third kappa shape index (κ3) is 2.41. The van der Waals surface area contributed by atoms with E-state index < -0.39 is 11.6 Å². The zero-order valence-electron chi connectivity index (χ0n) is 12.0. The Hall–Kier alpha value is -2.16. The summed E-state index contributed by atoms with van der Waals surface area (Å²) in [4.78, 5) is 48.5. The van der Waals surface area contributed by atoms with Crippen molar-refractivity contribution >= 4 is 29.2 Å². The molecule has 1 spiro atoms. The zero-order valence-corrected chi connectivity index (χ0v) is 12.9. The van der Waals surface area contributed by atoms with Gasteiger partial charge in [0, 0.05) is 24.2 Å². The van der Waals surface area contributed by atoms with Crippen molar-refractivity contribution < 1.29 is 14.4 Å². The minimum absolute atomic E-state index is 0.0136. The molecule has 0 unspecified atom stereocenters. The lowest BCUT2D eigenvalue weighted by Gasteiger charge is -2.37. The highest BCUT2D eigenvalue weighted by Crippen LogP contribution is 2.25. The number of thiazole rings is 1. The summed E-state index contributed by atoms with van der Waals surface area (Å²) < 4.78 is 1.45. The number of aryl methyl sites for hydroxylation is 1. The minimum Gasteiger partial charge on any atom is -0.341 e. The number of rotatable bonds is 2. The second-order valence-corrected chi connectivity index (χ2v) is 6.42. The van der Waals surface area contributed by atoms with Crippen LogP contribution in [-0.4, -0.2) is 45.9 Å². The molecule has 22 heavy (non-hydrogen) atoms.